The zero-order valence-corrected chi connectivity index (χ0v) is 8.01. The lowest BCUT2D eigenvalue weighted by molar-refractivity contribution is 0.412. The predicted molar refractivity (Wildman–Crippen MR) is 52.6 cm³/mol. The lowest BCUT2D eigenvalue weighted by Crippen LogP contribution is -2.06. The van der Waals surface area contributed by atoms with E-state index < -0.39 is 0 Å². The van der Waals surface area contributed by atoms with Crippen molar-refractivity contribution in [3.8, 4) is 0 Å². The average molecular weight is 152 g/mol. The molecule has 0 rings (SSSR count). The van der Waals surface area contributed by atoms with Gasteiger partial charge in [0.05, 0.1) is 0 Å². The SMILES string of the molecule is C=CCC(CC)C(C)C=CC. The van der Waals surface area contributed by atoms with Crippen LogP contribution in [0.5, 0.6) is 0 Å². The minimum absolute atomic E-state index is 0.697. The molecule has 0 saturated heterocycles. The molecule has 0 radical (unpaired) electrons. The summed E-state index contributed by atoms with van der Waals surface area (Å²) in [4.78, 5) is 0. The summed E-state index contributed by atoms with van der Waals surface area (Å²) in [5, 5.41) is 0. The predicted octanol–water partition coefficient (Wildman–Crippen LogP) is 3.80. The van der Waals surface area contributed by atoms with Crippen molar-refractivity contribution >= 4 is 0 Å². The number of hydrogen-bond acceptors (Lipinski definition) is 0. The van der Waals surface area contributed by atoms with Crippen molar-refractivity contribution in [3.05, 3.63) is 24.8 Å². The van der Waals surface area contributed by atoms with Crippen LogP contribution >= 0.6 is 0 Å². The van der Waals surface area contributed by atoms with Crippen LogP contribution in [-0.2, 0) is 0 Å². The summed E-state index contributed by atoms with van der Waals surface area (Å²) in [6, 6.07) is 0. The molecule has 0 amide bonds. The van der Waals surface area contributed by atoms with E-state index in [4.69, 9.17) is 0 Å². The Morgan fingerprint density at radius 2 is 2.09 bits per heavy atom. The van der Waals surface area contributed by atoms with Gasteiger partial charge in [-0.25, -0.2) is 0 Å². The van der Waals surface area contributed by atoms with E-state index in [1.165, 1.54) is 6.42 Å². The van der Waals surface area contributed by atoms with Gasteiger partial charge >= 0.3 is 0 Å². The highest BCUT2D eigenvalue weighted by molar-refractivity contribution is 4.88. The van der Waals surface area contributed by atoms with Crippen molar-refractivity contribution in [3.63, 3.8) is 0 Å². The zero-order chi connectivity index (χ0) is 8.69. The summed E-state index contributed by atoms with van der Waals surface area (Å²) < 4.78 is 0. The second kappa shape index (κ2) is 6.21. The van der Waals surface area contributed by atoms with Crippen molar-refractivity contribution in [2.75, 3.05) is 0 Å². The van der Waals surface area contributed by atoms with Gasteiger partial charge < -0.3 is 0 Å². The summed E-state index contributed by atoms with van der Waals surface area (Å²) in [5.41, 5.74) is 0. The first-order valence-corrected chi connectivity index (χ1v) is 4.49. The van der Waals surface area contributed by atoms with Crippen LogP contribution in [-0.4, -0.2) is 0 Å². The maximum Gasteiger partial charge on any atom is -0.0231 e. The Morgan fingerprint density at radius 3 is 2.45 bits per heavy atom. The van der Waals surface area contributed by atoms with Gasteiger partial charge in [0.25, 0.3) is 0 Å². The van der Waals surface area contributed by atoms with E-state index in [1.807, 2.05) is 6.08 Å². The van der Waals surface area contributed by atoms with Gasteiger partial charge in [0.2, 0.25) is 0 Å². The fourth-order valence-electron chi connectivity index (χ4n) is 1.43. The molecule has 0 nitrogen and oxygen atoms in total. The van der Waals surface area contributed by atoms with Crippen LogP contribution in [0.1, 0.15) is 33.6 Å². The zero-order valence-electron chi connectivity index (χ0n) is 8.01. The number of allylic oxidation sites excluding steroid dienone is 3. The first-order chi connectivity index (χ1) is 5.26. The summed E-state index contributed by atoms with van der Waals surface area (Å²) in [5.74, 6) is 1.48. The van der Waals surface area contributed by atoms with E-state index in [1.54, 1.807) is 0 Å². The third-order valence-electron chi connectivity index (χ3n) is 2.23. The average Bonchev–Trinajstić information content (AvgIpc) is 2.00. The second-order valence-corrected chi connectivity index (χ2v) is 3.08. The maximum absolute atomic E-state index is 3.77. The summed E-state index contributed by atoms with van der Waals surface area (Å²) in [6.45, 7) is 10.4. The third kappa shape index (κ3) is 4.02. The van der Waals surface area contributed by atoms with Gasteiger partial charge in [-0.05, 0) is 25.2 Å². The summed E-state index contributed by atoms with van der Waals surface area (Å²) in [6.07, 6.45) is 8.82. The van der Waals surface area contributed by atoms with E-state index in [2.05, 4.69) is 39.5 Å². The molecule has 0 spiro atoms. The summed E-state index contributed by atoms with van der Waals surface area (Å²) in [7, 11) is 0. The standard InChI is InChI=1S/C11H20/c1-5-8-10(4)11(7-3)9-6-2/h5-6,8,10-11H,2,7,9H2,1,3-4H3. The first-order valence-electron chi connectivity index (χ1n) is 4.49. The normalized spacial score (nSPS) is 16.6. The van der Waals surface area contributed by atoms with Crippen LogP contribution in [0.3, 0.4) is 0 Å². The second-order valence-electron chi connectivity index (χ2n) is 3.08. The fraction of sp³-hybridized carbons (Fsp3) is 0.636. The highest BCUT2D eigenvalue weighted by Gasteiger charge is 2.09. The molecule has 0 aromatic rings. The van der Waals surface area contributed by atoms with Gasteiger partial charge in [-0.3, -0.25) is 0 Å². The third-order valence-corrected chi connectivity index (χ3v) is 2.23. The molecule has 0 heterocycles. The number of rotatable bonds is 5. The lowest BCUT2D eigenvalue weighted by Gasteiger charge is -2.17. The van der Waals surface area contributed by atoms with Crippen LogP contribution < -0.4 is 0 Å². The molecule has 2 atom stereocenters. The molecule has 0 fully saturated rings. The Balaban J connectivity index is 3.89. The van der Waals surface area contributed by atoms with E-state index in [0.29, 0.717) is 5.92 Å². The minimum atomic E-state index is 0.697. The van der Waals surface area contributed by atoms with Crippen molar-refractivity contribution in [2.45, 2.75) is 33.6 Å². The molecule has 0 saturated carbocycles. The van der Waals surface area contributed by atoms with Crippen molar-refractivity contribution in [2.24, 2.45) is 11.8 Å². The molecular weight excluding hydrogens is 132 g/mol. The quantitative estimate of drug-likeness (QED) is 0.526. The molecule has 11 heavy (non-hydrogen) atoms. The van der Waals surface area contributed by atoms with E-state index in [0.717, 1.165) is 12.3 Å². The van der Waals surface area contributed by atoms with E-state index in [9.17, 15) is 0 Å². The molecule has 0 aromatic carbocycles. The molecular formula is C11H20. The fourth-order valence-corrected chi connectivity index (χ4v) is 1.43. The van der Waals surface area contributed by atoms with Gasteiger partial charge in [0.15, 0.2) is 0 Å². The molecule has 0 N–H and O–H groups in total. The van der Waals surface area contributed by atoms with Crippen LogP contribution in [0.2, 0.25) is 0 Å². The van der Waals surface area contributed by atoms with Crippen LogP contribution in [0.4, 0.5) is 0 Å². The van der Waals surface area contributed by atoms with Crippen LogP contribution in [0.25, 0.3) is 0 Å². The highest BCUT2D eigenvalue weighted by atomic mass is 14.1. The topological polar surface area (TPSA) is 0 Å². The molecule has 0 aliphatic heterocycles. The molecule has 0 aliphatic carbocycles. The first kappa shape index (κ1) is 10.5. The monoisotopic (exact) mass is 152 g/mol. The Bertz CT molecular complexity index is 122. The Morgan fingerprint density at radius 1 is 1.45 bits per heavy atom. The molecule has 0 aromatic heterocycles. The Labute approximate surface area is 71.0 Å². The van der Waals surface area contributed by atoms with Gasteiger partial charge in [0, 0.05) is 0 Å². The van der Waals surface area contributed by atoms with Crippen LogP contribution in [0.15, 0.2) is 24.8 Å². The molecule has 64 valence electrons. The highest BCUT2D eigenvalue weighted by Crippen LogP contribution is 2.20. The van der Waals surface area contributed by atoms with Gasteiger partial charge in [0.1, 0.15) is 0 Å². The molecule has 0 heteroatoms. The van der Waals surface area contributed by atoms with Gasteiger partial charge in [-0.1, -0.05) is 38.5 Å². The van der Waals surface area contributed by atoms with E-state index >= 15 is 0 Å². The van der Waals surface area contributed by atoms with Crippen molar-refractivity contribution in [1.29, 1.82) is 0 Å². The number of hydrogen-bond donors (Lipinski definition) is 0. The Kier molecular flexibility index (Phi) is 5.91. The summed E-state index contributed by atoms with van der Waals surface area (Å²) >= 11 is 0. The Hall–Kier alpha value is -0.520. The van der Waals surface area contributed by atoms with Crippen molar-refractivity contribution < 1.29 is 0 Å². The van der Waals surface area contributed by atoms with Crippen molar-refractivity contribution in [1.82, 2.24) is 0 Å². The molecule has 2 unspecified atom stereocenters. The molecule has 0 bridgehead atoms. The maximum atomic E-state index is 3.77. The molecule has 0 aliphatic rings. The van der Waals surface area contributed by atoms with Gasteiger partial charge in [-0.15, -0.1) is 6.58 Å². The van der Waals surface area contributed by atoms with Crippen LogP contribution in [0, 0.1) is 11.8 Å². The smallest absolute Gasteiger partial charge is 0.0231 e. The minimum Gasteiger partial charge on any atom is -0.103 e. The van der Waals surface area contributed by atoms with E-state index in [-0.39, 0.29) is 0 Å². The van der Waals surface area contributed by atoms with Gasteiger partial charge in [-0.2, -0.15) is 0 Å². The lowest BCUT2D eigenvalue weighted by atomic mass is 9.88. The largest absolute Gasteiger partial charge is 0.103 e.